The average molecular weight is 406 g/mol. The molecule has 2 aromatic carbocycles. The maximum Gasteiger partial charge on any atom is 0.230 e. The van der Waals surface area contributed by atoms with Gasteiger partial charge in [-0.25, -0.2) is 8.78 Å². The molecule has 1 unspecified atom stereocenters. The van der Waals surface area contributed by atoms with Crippen molar-refractivity contribution < 1.29 is 18.7 Å². The number of amides is 1. The number of carbonyl (C=O) groups is 1. The number of aliphatic hydroxyl groups excluding tert-OH is 1. The number of hydrogen-bond acceptors (Lipinski definition) is 3. The van der Waals surface area contributed by atoms with Crippen LogP contribution in [-0.4, -0.2) is 23.3 Å². The first-order chi connectivity index (χ1) is 11.9. The van der Waals surface area contributed by atoms with E-state index in [1.807, 2.05) is 0 Å². The standard InChI is InChI=1S/C17H15Cl2F2NO2S/c18-11-2-1-10(14(19)5-11)8-25-9-17(24)22-7-16(23)13-4-3-12(20)6-15(13)21/h1-6,16,23H,7-9H2,(H,22,24). The zero-order valence-corrected chi connectivity index (χ0v) is 15.3. The van der Waals surface area contributed by atoms with Gasteiger partial charge in [-0.15, -0.1) is 11.8 Å². The Kier molecular flexibility index (Phi) is 7.50. The van der Waals surface area contributed by atoms with Crippen LogP contribution < -0.4 is 5.32 Å². The smallest absolute Gasteiger partial charge is 0.230 e. The summed E-state index contributed by atoms with van der Waals surface area (Å²) in [5.74, 6) is -1.21. The van der Waals surface area contributed by atoms with Gasteiger partial charge in [-0.3, -0.25) is 4.79 Å². The fraction of sp³-hybridized carbons (Fsp3) is 0.235. The Balaban J connectivity index is 1.76. The fourth-order valence-corrected chi connectivity index (χ4v) is 3.45. The van der Waals surface area contributed by atoms with Crippen LogP contribution >= 0.6 is 35.0 Å². The van der Waals surface area contributed by atoms with E-state index in [1.54, 1.807) is 18.2 Å². The number of benzene rings is 2. The summed E-state index contributed by atoms with van der Waals surface area (Å²) in [5, 5.41) is 13.5. The van der Waals surface area contributed by atoms with E-state index < -0.39 is 17.7 Å². The molecule has 3 nitrogen and oxygen atoms in total. The molecule has 0 aliphatic heterocycles. The molecular formula is C17H15Cl2F2NO2S. The van der Waals surface area contributed by atoms with Gasteiger partial charge in [-0.05, 0) is 23.8 Å². The lowest BCUT2D eigenvalue weighted by Crippen LogP contribution is -2.30. The Morgan fingerprint density at radius 2 is 1.96 bits per heavy atom. The molecule has 0 saturated carbocycles. The number of nitrogens with one attached hydrogen (secondary N) is 1. The van der Waals surface area contributed by atoms with Crippen molar-refractivity contribution in [2.75, 3.05) is 12.3 Å². The van der Waals surface area contributed by atoms with Crippen molar-refractivity contribution in [1.82, 2.24) is 5.32 Å². The second-order valence-electron chi connectivity index (χ2n) is 5.21. The summed E-state index contributed by atoms with van der Waals surface area (Å²) in [4.78, 5) is 11.8. The number of carbonyl (C=O) groups excluding carboxylic acids is 1. The van der Waals surface area contributed by atoms with Crippen molar-refractivity contribution in [3.63, 3.8) is 0 Å². The second kappa shape index (κ2) is 9.38. The molecule has 25 heavy (non-hydrogen) atoms. The summed E-state index contributed by atoms with van der Waals surface area (Å²) in [6.07, 6.45) is -1.25. The first-order valence-electron chi connectivity index (χ1n) is 7.28. The largest absolute Gasteiger partial charge is 0.386 e. The summed E-state index contributed by atoms with van der Waals surface area (Å²) in [5.41, 5.74) is 0.791. The highest BCUT2D eigenvalue weighted by atomic mass is 35.5. The lowest BCUT2D eigenvalue weighted by atomic mass is 10.1. The fourth-order valence-electron chi connectivity index (χ4n) is 2.04. The first-order valence-corrected chi connectivity index (χ1v) is 9.19. The van der Waals surface area contributed by atoms with E-state index in [4.69, 9.17) is 23.2 Å². The van der Waals surface area contributed by atoms with E-state index >= 15 is 0 Å². The van der Waals surface area contributed by atoms with Gasteiger partial charge in [-0.2, -0.15) is 0 Å². The third kappa shape index (κ3) is 6.15. The molecule has 8 heteroatoms. The summed E-state index contributed by atoms with van der Waals surface area (Å²) in [6.45, 7) is -0.163. The van der Waals surface area contributed by atoms with Gasteiger partial charge < -0.3 is 10.4 Å². The zero-order chi connectivity index (χ0) is 18.4. The Morgan fingerprint density at radius 3 is 2.64 bits per heavy atom. The number of aliphatic hydroxyl groups is 1. The quantitative estimate of drug-likeness (QED) is 0.719. The van der Waals surface area contributed by atoms with Crippen molar-refractivity contribution in [3.8, 4) is 0 Å². The van der Waals surface area contributed by atoms with Crippen molar-refractivity contribution >= 4 is 40.9 Å². The minimum Gasteiger partial charge on any atom is -0.386 e. The van der Waals surface area contributed by atoms with Gasteiger partial charge in [0.1, 0.15) is 11.6 Å². The molecule has 0 aromatic heterocycles. The summed E-state index contributed by atoms with van der Waals surface area (Å²) in [7, 11) is 0. The van der Waals surface area contributed by atoms with Gasteiger partial charge in [0.15, 0.2) is 0 Å². The molecule has 0 fully saturated rings. The molecule has 134 valence electrons. The predicted octanol–water partition coefficient (Wildman–Crippen LogP) is 4.35. The molecule has 1 amide bonds. The van der Waals surface area contributed by atoms with E-state index in [1.165, 1.54) is 11.8 Å². The summed E-state index contributed by atoms with van der Waals surface area (Å²) in [6, 6.07) is 8.03. The number of rotatable bonds is 7. The number of hydrogen-bond donors (Lipinski definition) is 2. The molecule has 0 aliphatic carbocycles. The van der Waals surface area contributed by atoms with E-state index in [0.29, 0.717) is 21.9 Å². The van der Waals surface area contributed by atoms with Crippen molar-refractivity contribution in [1.29, 1.82) is 0 Å². The van der Waals surface area contributed by atoms with E-state index in [0.717, 1.165) is 17.7 Å². The molecule has 1 atom stereocenters. The lowest BCUT2D eigenvalue weighted by molar-refractivity contribution is -0.119. The molecule has 0 aliphatic rings. The highest BCUT2D eigenvalue weighted by molar-refractivity contribution is 7.99. The van der Waals surface area contributed by atoms with E-state index in [9.17, 15) is 18.7 Å². The SMILES string of the molecule is O=C(CSCc1ccc(Cl)cc1Cl)NCC(O)c1ccc(F)cc1F. The van der Waals surface area contributed by atoms with E-state index in [2.05, 4.69) is 5.32 Å². The summed E-state index contributed by atoms with van der Waals surface area (Å²) < 4.78 is 26.4. The van der Waals surface area contributed by atoms with Crippen LogP contribution in [0.3, 0.4) is 0 Å². The molecule has 0 spiro atoms. The molecule has 0 bridgehead atoms. The molecule has 0 radical (unpaired) electrons. The van der Waals surface area contributed by atoms with Gasteiger partial charge >= 0.3 is 0 Å². The van der Waals surface area contributed by atoms with Gasteiger partial charge in [0.2, 0.25) is 5.91 Å². The normalized spacial score (nSPS) is 12.0. The maximum atomic E-state index is 13.5. The third-order valence-corrected chi connectivity index (χ3v) is 4.89. The molecule has 2 aromatic rings. The van der Waals surface area contributed by atoms with Gasteiger partial charge in [0.05, 0.1) is 11.9 Å². The Hall–Kier alpha value is -1.34. The Bertz CT molecular complexity index is 761. The van der Waals surface area contributed by atoms with Crippen LogP contribution in [0.25, 0.3) is 0 Å². The Morgan fingerprint density at radius 1 is 1.20 bits per heavy atom. The lowest BCUT2D eigenvalue weighted by Gasteiger charge is -2.13. The van der Waals surface area contributed by atoms with Crippen LogP contribution in [0.4, 0.5) is 8.78 Å². The highest BCUT2D eigenvalue weighted by Crippen LogP contribution is 2.24. The van der Waals surface area contributed by atoms with Crippen LogP contribution in [0.1, 0.15) is 17.2 Å². The Labute approximate surface area is 158 Å². The molecule has 2 N–H and O–H groups in total. The second-order valence-corrected chi connectivity index (χ2v) is 7.04. The van der Waals surface area contributed by atoms with Gasteiger partial charge in [0, 0.05) is 34.0 Å². The molecule has 0 saturated heterocycles. The van der Waals surface area contributed by atoms with Crippen molar-refractivity contribution in [2.45, 2.75) is 11.9 Å². The maximum absolute atomic E-state index is 13.5. The van der Waals surface area contributed by atoms with Crippen LogP contribution in [0.2, 0.25) is 10.0 Å². The molecular weight excluding hydrogens is 391 g/mol. The van der Waals surface area contributed by atoms with Crippen molar-refractivity contribution in [2.24, 2.45) is 0 Å². The predicted molar refractivity (Wildman–Crippen MR) is 97.0 cm³/mol. The molecule has 0 heterocycles. The van der Waals surface area contributed by atoms with Crippen LogP contribution in [0.5, 0.6) is 0 Å². The highest BCUT2D eigenvalue weighted by Gasteiger charge is 2.14. The van der Waals surface area contributed by atoms with Crippen LogP contribution in [0, 0.1) is 11.6 Å². The topological polar surface area (TPSA) is 49.3 Å². The minimum atomic E-state index is -1.25. The monoisotopic (exact) mass is 405 g/mol. The minimum absolute atomic E-state index is 0.0673. The average Bonchev–Trinajstić information content (AvgIpc) is 2.54. The van der Waals surface area contributed by atoms with Crippen LogP contribution in [-0.2, 0) is 10.5 Å². The first kappa shape index (κ1) is 20.0. The summed E-state index contributed by atoms with van der Waals surface area (Å²) >= 11 is 13.2. The number of thioether (sulfide) groups is 1. The zero-order valence-electron chi connectivity index (χ0n) is 12.9. The van der Waals surface area contributed by atoms with Crippen LogP contribution in [0.15, 0.2) is 36.4 Å². The number of halogens is 4. The van der Waals surface area contributed by atoms with Gasteiger partial charge in [0.25, 0.3) is 0 Å². The molecule has 2 rings (SSSR count). The third-order valence-electron chi connectivity index (χ3n) is 3.32. The van der Waals surface area contributed by atoms with E-state index in [-0.39, 0.29) is 23.8 Å². The van der Waals surface area contributed by atoms with Crippen molar-refractivity contribution in [3.05, 3.63) is 69.2 Å². The van der Waals surface area contributed by atoms with Gasteiger partial charge in [-0.1, -0.05) is 35.3 Å².